The van der Waals surface area contributed by atoms with Gasteiger partial charge in [0.2, 0.25) is 11.8 Å². The van der Waals surface area contributed by atoms with Gasteiger partial charge in [0, 0.05) is 6.04 Å². The molecule has 0 spiro atoms. The molecule has 1 saturated heterocycles. The lowest BCUT2D eigenvalue weighted by Gasteiger charge is -2.28. The van der Waals surface area contributed by atoms with E-state index < -0.39 is 0 Å². The Labute approximate surface area is 111 Å². The molecule has 0 atom stereocenters. The molecule has 2 N–H and O–H groups in total. The van der Waals surface area contributed by atoms with Crippen LogP contribution in [0.15, 0.2) is 0 Å². The predicted molar refractivity (Wildman–Crippen MR) is 70.2 cm³/mol. The molecule has 0 aromatic rings. The molecule has 1 heterocycles. The second kappa shape index (κ2) is 6.54. The first-order chi connectivity index (χ1) is 8.66. The maximum absolute atomic E-state index is 11.5. The zero-order valence-corrected chi connectivity index (χ0v) is 11.3. The highest BCUT2D eigenvalue weighted by atomic mass is 32.2. The van der Waals surface area contributed by atoms with Crippen molar-refractivity contribution in [2.45, 2.75) is 37.8 Å². The highest BCUT2D eigenvalue weighted by Gasteiger charge is 2.26. The first-order valence-electron chi connectivity index (χ1n) is 6.45. The van der Waals surface area contributed by atoms with Gasteiger partial charge in [0.05, 0.1) is 30.8 Å². The molecule has 1 saturated carbocycles. The number of carbonyl (C=O) groups excluding carboxylic acids is 2. The van der Waals surface area contributed by atoms with Gasteiger partial charge in [-0.1, -0.05) is 0 Å². The highest BCUT2D eigenvalue weighted by molar-refractivity contribution is 8.00. The number of hydrogen-bond acceptors (Lipinski definition) is 5. The van der Waals surface area contributed by atoms with Crippen molar-refractivity contribution in [2.24, 2.45) is 5.73 Å². The monoisotopic (exact) mass is 272 g/mol. The number of amides is 2. The average molecular weight is 272 g/mol. The standard InChI is InChI=1S/C12H20N2O3S/c13-9-1-3-10(4-2-9)17-6-5-14-11(15)7-18-8-12(14)16/h9-10H,1-8,13H2. The number of nitrogens with two attached hydrogens (primary N) is 1. The molecule has 1 aliphatic carbocycles. The van der Waals surface area contributed by atoms with Crippen molar-refractivity contribution < 1.29 is 14.3 Å². The van der Waals surface area contributed by atoms with E-state index in [2.05, 4.69) is 0 Å². The topological polar surface area (TPSA) is 72.6 Å². The fourth-order valence-corrected chi connectivity index (χ4v) is 3.10. The van der Waals surface area contributed by atoms with Gasteiger partial charge in [-0.05, 0) is 25.7 Å². The molecule has 0 bridgehead atoms. The second-order valence-electron chi connectivity index (χ2n) is 4.84. The molecule has 0 unspecified atom stereocenters. The van der Waals surface area contributed by atoms with Crippen LogP contribution >= 0.6 is 11.8 Å². The molecule has 0 aromatic heterocycles. The number of imide groups is 1. The largest absolute Gasteiger partial charge is 0.376 e. The summed E-state index contributed by atoms with van der Waals surface area (Å²) in [5.74, 6) is 0.629. The normalized spacial score (nSPS) is 29.7. The van der Waals surface area contributed by atoms with Gasteiger partial charge >= 0.3 is 0 Å². The van der Waals surface area contributed by atoms with Crippen LogP contribution in [0.3, 0.4) is 0 Å². The van der Waals surface area contributed by atoms with Crippen molar-refractivity contribution in [2.75, 3.05) is 24.7 Å². The van der Waals surface area contributed by atoms with Crippen molar-refractivity contribution in [3.8, 4) is 0 Å². The van der Waals surface area contributed by atoms with Gasteiger partial charge in [-0.15, -0.1) is 11.8 Å². The van der Waals surface area contributed by atoms with Gasteiger partial charge in [0.1, 0.15) is 0 Å². The van der Waals surface area contributed by atoms with E-state index in [1.54, 1.807) is 0 Å². The van der Waals surface area contributed by atoms with Crippen LogP contribution in [0.4, 0.5) is 0 Å². The smallest absolute Gasteiger partial charge is 0.239 e. The van der Waals surface area contributed by atoms with E-state index in [-0.39, 0.29) is 17.9 Å². The zero-order chi connectivity index (χ0) is 13.0. The van der Waals surface area contributed by atoms with Crippen LogP contribution in [0.5, 0.6) is 0 Å². The van der Waals surface area contributed by atoms with Crippen molar-refractivity contribution in [3.63, 3.8) is 0 Å². The quantitative estimate of drug-likeness (QED) is 0.749. The van der Waals surface area contributed by atoms with Crippen LogP contribution < -0.4 is 5.73 Å². The first-order valence-corrected chi connectivity index (χ1v) is 7.60. The van der Waals surface area contributed by atoms with Crippen LogP contribution in [0.2, 0.25) is 0 Å². The number of ether oxygens (including phenoxy) is 1. The maximum Gasteiger partial charge on any atom is 0.239 e. The molecule has 5 nitrogen and oxygen atoms in total. The second-order valence-corrected chi connectivity index (χ2v) is 5.83. The summed E-state index contributed by atoms with van der Waals surface area (Å²) in [5, 5.41) is 0. The fraction of sp³-hybridized carbons (Fsp3) is 0.833. The molecule has 102 valence electrons. The Morgan fingerprint density at radius 2 is 1.78 bits per heavy atom. The third kappa shape index (κ3) is 3.70. The number of thioether (sulfide) groups is 1. The van der Waals surface area contributed by atoms with Crippen LogP contribution in [0.1, 0.15) is 25.7 Å². The molecule has 2 amide bonds. The number of rotatable bonds is 4. The molecule has 2 aliphatic rings. The van der Waals surface area contributed by atoms with E-state index >= 15 is 0 Å². The Kier molecular flexibility index (Phi) is 5.03. The van der Waals surface area contributed by atoms with E-state index in [9.17, 15) is 9.59 Å². The fourth-order valence-electron chi connectivity index (χ4n) is 2.34. The Balaban J connectivity index is 1.68. The first kappa shape index (κ1) is 13.8. The molecule has 6 heteroatoms. The van der Waals surface area contributed by atoms with Gasteiger partial charge in [0.15, 0.2) is 0 Å². The van der Waals surface area contributed by atoms with E-state index in [4.69, 9.17) is 10.5 Å². The lowest BCUT2D eigenvalue weighted by Crippen LogP contribution is -2.45. The molecule has 1 aliphatic heterocycles. The molecule has 2 rings (SSSR count). The van der Waals surface area contributed by atoms with E-state index in [0.29, 0.717) is 30.7 Å². The van der Waals surface area contributed by atoms with Gasteiger partial charge in [-0.2, -0.15) is 0 Å². The van der Waals surface area contributed by atoms with Crippen LogP contribution in [-0.2, 0) is 14.3 Å². The summed E-state index contributed by atoms with van der Waals surface area (Å²) in [4.78, 5) is 24.4. The van der Waals surface area contributed by atoms with Crippen LogP contribution in [0.25, 0.3) is 0 Å². The highest BCUT2D eigenvalue weighted by Crippen LogP contribution is 2.20. The molecule has 2 fully saturated rings. The summed E-state index contributed by atoms with van der Waals surface area (Å²) in [7, 11) is 0. The van der Waals surface area contributed by atoms with Crippen LogP contribution in [0, 0.1) is 0 Å². The summed E-state index contributed by atoms with van der Waals surface area (Å²) in [6, 6.07) is 0.312. The van der Waals surface area contributed by atoms with E-state index in [0.717, 1.165) is 25.7 Å². The summed E-state index contributed by atoms with van der Waals surface area (Å²) < 4.78 is 5.72. The molecular weight excluding hydrogens is 252 g/mol. The zero-order valence-electron chi connectivity index (χ0n) is 10.5. The lowest BCUT2D eigenvalue weighted by molar-refractivity contribution is -0.143. The number of carbonyl (C=O) groups is 2. The minimum Gasteiger partial charge on any atom is -0.376 e. The maximum atomic E-state index is 11.5. The van der Waals surface area contributed by atoms with Crippen molar-refractivity contribution >= 4 is 23.6 Å². The van der Waals surface area contributed by atoms with E-state index in [1.807, 2.05) is 0 Å². The Morgan fingerprint density at radius 1 is 1.17 bits per heavy atom. The lowest BCUT2D eigenvalue weighted by atomic mass is 9.94. The van der Waals surface area contributed by atoms with Gasteiger partial charge < -0.3 is 10.5 Å². The van der Waals surface area contributed by atoms with Gasteiger partial charge in [-0.25, -0.2) is 0 Å². The Bertz CT molecular complexity index is 300. The number of hydrogen-bond donors (Lipinski definition) is 1. The SMILES string of the molecule is NC1CCC(OCCN2C(=O)CSCC2=O)CC1. The van der Waals surface area contributed by atoms with Gasteiger partial charge in [0.25, 0.3) is 0 Å². The minimum absolute atomic E-state index is 0.0921. The van der Waals surface area contributed by atoms with Crippen molar-refractivity contribution in [3.05, 3.63) is 0 Å². The third-order valence-electron chi connectivity index (χ3n) is 3.44. The Hall–Kier alpha value is -0.590. The van der Waals surface area contributed by atoms with Crippen LogP contribution in [-0.4, -0.2) is 53.5 Å². The average Bonchev–Trinajstić information content (AvgIpc) is 2.35. The predicted octanol–water partition coefficient (Wildman–Crippen LogP) is 0.375. The summed E-state index contributed by atoms with van der Waals surface area (Å²) >= 11 is 1.38. The third-order valence-corrected chi connectivity index (χ3v) is 4.34. The minimum atomic E-state index is -0.0921. The molecule has 0 radical (unpaired) electrons. The molecule has 0 aromatic carbocycles. The molecular formula is C12H20N2O3S. The summed E-state index contributed by atoms with van der Waals surface area (Å²) in [5.41, 5.74) is 5.82. The van der Waals surface area contributed by atoms with Crippen molar-refractivity contribution in [1.29, 1.82) is 0 Å². The van der Waals surface area contributed by atoms with Crippen molar-refractivity contribution in [1.82, 2.24) is 4.90 Å². The number of nitrogens with zero attached hydrogens (tertiary/aromatic N) is 1. The summed E-state index contributed by atoms with van der Waals surface area (Å²) in [6.45, 7) is 0.836. The summed E-state index contributed by atoms with van der Waals surface area (Å²) in [6.07, 6.45) is 4.22. The van der Waals surface area contributed by atoms with E-state index in [1.165, 1.54) is 16.7 Å². The molecule has 18 heavy (non-hydrogen) atoms. The van der Waals surface area contributed by atoms with Gasteiger partial charge in [-0.3, -0.25) is 14.5 Å². The Morgan fingerprint density at radius 3 is 2.39 bits per heavy atom.